The zero-order chi connectivity index (χ0) is 16.3. The van der Waals surface area contributed by atoms with Gasteiger partial charge in [0.1, 0.15) is 16.3 Å². The fourth-order valence-corrected chi connectivity index (χ4v) is 3.25. The van der Waals surface area contributed by atoms with Crippen molar-refractivity contribution < 1.29 is 9.90 Å². The maximum Gasteiger partial charge on any atom is 0.265 e. The molecule has 3 rings (SSSR count). The predicted octanol–water partition coefficient (Wildman–Crippen LogP) is 0.262. The molecule has 0 saturated carbocycles. The van der Waals surface area contributed by atoms with Gasteiger partial charge in [0.15, 0.2) is 0 Å². The van der Waals surface area contributed by atoms with Gasteiger partial charge < -0.3 is 15.3 Å². The number of aromatic nitrogens is 4. The SMILES string of the molecule is CCc1nnsc1C(=O)NC[C@]1(O)CCN(c2cnccn2)C1. The van der Waals surface area contributed by atoms with E-state index in [-0.39, 0.29) is 12.5 Å². The van der Waals surface area contributed by atoms with Crippen molar-refractivity contribution >= 4 is 23.3 Å². The fourth-order valence-electron chi connectivity index (χ4n) is 2.59. The van der Waals surface area contributed by atoms with Crippen LogP contribution in [0, 0.1) is 0 Å². The Hall–Kier alpha value is -2.13. The van der Waals surface area contributed by atoms with E-state index >= 15 is 0 Å². The largest absolute Gasteiger partial charge is 0.386 e. The summed E-state index contributed by atoms with van der Waals surface area (Å²) in [5, 5.41) is 17.4. The number of hydrogen-bond acceptors (Lipinski definition) is 8. The van der Waals surface area contributed by atoms with Crippen molar-refractivity contribution in [2.24, 2.45) is 0 Å². The third kappa shape index (κ3) is 3.45. The Labute approximate surface area is 137 Å². The first-order valence-electron chi connectivity index (χ1n) is 7.44. The lowest BCUT2D eigenvalue weighted by molar-refractivity contribution is 0.0576. The van der Waals surface area contributed by atoms with Crippen LogP contribution in [0.4, 0.5) is 5.82 Å². The minimum absolute atomic E-state index is 0.184. The maximum absolute atomic E-state index is 12.2. The van der Waals surface area contributed by atoms with Crippen LogP contribution in [0.15, 0.2) is 18.6 Å². The predicted molar refractivity (Wildman–Crippen MR) is 85.4 cm³/mol. The number of nitrogens with one attached hydrogen (secondary N) is 1. The molecule has 1 amide bonds. The second-order valence-corrected chi connectivity index (χ2v) is 6.30. The van der Waals surface area contributed by atoms with E-state index in [0.29, 0.717) is 36.5 Å². The Morgan fingerprint density at radius 1 is 1.52 bits per heavy atom. The van der Waals surface area contributed by atoms with Crippen LogP contribution in [0.5, 0.6) is 0 Å². The topological polar surface area (TPSA) is 104 Å². The molecular weight excluding hydrogens is 316 g/mol. The lowest BCUT2D eigenvalue weighted by Gasteiger charge is -2.23. The van der Waals surface area contributed by atoms with E-state index in [9.17, 15) is 9.90 Å². The van der Waals surface area contributed by atoms with Gasteiger partial charge in [-0.3, -0.25) is 9.78 Å². The van der Waals surface area contributed by atoms with Gasteiger partial charge in [0, 0.05) is 32.0 Å². The molecule has 1 saturated heterocycles. The normalized spacial score (nSPS) is 20.7. The van der Waals surface area contributed by atoms with Crippen molar-refractivity contribution in [2.45, 2.75) is 25.4 Å². The Bertz CT molecular complexity index is 679. The smallest absolute Gasteiger partial charge is 0.265 e. The summed E-state index contributed by atoms with van der Waals surface area (Å²) in [6.45, 7) is 3.20. The second kappa shape index (κ2) is 6.55. The molecule has 2 N–H and O–H groups in total. The van der Waals surface area contributed by atoms with Crippen LogP contribution in [0.1, 0.15) is 28.7 Å². The number of aryl methyl sites for hydroxylation is 1. The number of β-amino-alcohol motifs (C(OH)–C–C–N with tert-alkyl or cyclic N) is 1. The van der Waals surface area contributed by atoms with Gasteiger partial charge in [-0.2, -0.15) is 0 Å². The van der Waals surface area contributed by atoms with Gasteiger partial charge in [-0.25, -0.2) is 4.98 Å². The number of rotatable bonds is 5. The third-order valence-electron chi connectivity index (χ3n) is 3.88. The molecule has 1 fully saturated rings. The third-order valence-corrected chi connectivity index (χ3v) is 4.65. The molecule has 0 aliphatic carbocycles. The second-order valence-electron chi connectivity index (χ2n) is 5.54. The first kappa shape index (κ1) is 15.8. The number of anilines is 1. The lowest BCUT2D eigenvalue weighted by Crippen LogP contribution is -2.45. The van der Waals surface area contributed by atoms with Crippen molar-refractivity contribution in [3.8, 4) is 0 Å². The minimum atomic E-state index is -0.975. The van der Waals surface area contributed by atoms with Gasteiger partial charge in [0.2, 0.25) is 0 Å². The van der Waals surface area contributed by atoms with Gasteiger partial charge in [-0.15, -0.1) is 5.10 Å². The van der Waals surface area contributed by atoms with Crippen LogP contribution in [0.25, 0.3) is 0 Å². The summed E-state index contributed by atoms with van der Waals surface area (Å²) >= 11 is 1.08. The van der Waals surface area contributed by atoms with Gasteiger partial charge in [-0.05, 0) is 24.4 Å². The summed E-state index contributed by atoms with van der Waals surface area (Å²) in [7, 11) is 0. The Balaban J connectivity index is 1.59. The highest BCUT2D eigenvalue weighted by molar-refractivity contribution is 7.08. The molecule has 2 aromatic rings. The number of carbonyl (C=O) groups excluding carboxylic acids is 1. The van der Waals surface area contributed by atoms with Crippen molar-refractivity contribution in [1.82, 2.24) is 24.9 Å². The molecular formula is C14H18N6O2S. The van der Waals surface area contributed by atoms with E-state index in [4.69, 9.17) is 0 Å². The highest BCUT2D eigenvalue weighted by Crippen LogP contribution is 2.24. The monoisotopic (exact) mass is 334 g/mol. The Morgan fingerprint density at radius 3 is 3.13 bits per heavy atom. The van der Waals surface area contributed by atoms with E-state index in [0.717, 1.165) is 17.4 Å². The number of nitrogens with zero attached hydrogens (tertiary/aromatic N) is 5. The van der Waals surface area contributed by atoms with Crippen LogP contribution in [-0.2, 0) is 6.42 Å². The van der Waals surface area contributed by atoms with Crippen LogP contribution in [-0.4, -0.2) is 55.8 Å². The van der Waals surface area contributed by atoms with Crippen molar-refractivity contribution in [3.63, 3.8) is 0 Å². The molecule has 122 valence electrons. The van der Waals surface area contributed by atoms with Crippen molar-refractivity contribution in [2.75, 3.05) is 24.5 Å². The van der Waals surface area contributed by atoms with Crippen LogP contribution >= 0.6 is 11.5 Å². The highest BCUT2D eigenvalue weighted by atomic mass is 32.1. The summed E-state index contributed by atoms with van der Waals surface area (Å²) in [5.74, 6) is 0.498. The molecule has 9 heteroatoms. The lowest BCUT2D eigenvalue weighted by atomic mass is 10.0. The molecule has 0 unspecified atom stereocenters. The van der Waals surface area contributed by atoms with Gasteiger partial charge >= 0.3 is 0 Å². The Kier molecular flexibility index (Phi) is 4.49. The summed E-state index contributed by atoms with van der Waals surface area (Å²) in [4.78, 5) is 23.0. The fraction of sp³-hybridized carbons (Fsp3) is 0.500. The molecule has 1 aliphatic rings. The molecule has 0 aromatic carbocycles. The number of amides is 1. The molecule has 1 aliphatic heterocycles. The van der Waals surface area contributed by atoms with Gasteiger partial charge in [0.05, 0.1) is 11.9 Å². The standard InChI is InChI=1S/C14H18N6O2S/c1-2-10-12(23-19-18-10)13(21)17-8-14(22)3-6-20(9-14)11-7-15-4-5-16-11/h4-5,7,22H,2-3,6,8-9H2,1H3,(H,17,21)/t14-/m1/s1. The summed E-state index contributed by atoms with van der Waals surface area (Å²) < 4.78 is 3.81. The molecule has 1 atom stereocenters. The summed E-state index contributed by atoms with van der Waals surface area (Å²) in [6, 6.07) is 0. The zero-order valence-electron chi connectivity index (χ0n) is 12.8. The molecule has 23 heavy (non-hydrogen) atoms. The molecule has 8 nitrogen and oxygen atoms in total. The van der Waals surface area contributed by atoms with E-state index in [1.807, 2.05) is 11.8 Å². The first-order chi connectivity index (χ1) is 11.1. The van der Waals surface area contributed by atoms with Crippen LogP contribution in [0.3, 0.4) is 0 Å². The molecule has 0 bridgehead atoms. The maximum atomic E-state index is 12.2. The number of carbonyl (C=O) groups is 1. The molecule has 0 spiro atoms. The van der Waals surface area contributed by atoms with Crippen LogP contribution in [0.2, 0.25) is 0 Å². The highest BCUT2D eigenvalue weighted by Gasteiger charge is 2.37. The number of aliphatic hydroxyl groups is 1. The summed E-state index contributed by atoms with van der Waals surface area (Å²) in [5.41, 5.74) is -0.287. The van der Waals surface area contributed by atoms with Crippen molar-refractivity contribution in [1.29, 1.82) is 0 Å². The van der Waals surface area contributed by atoms with E-state index in [1.54, 1.807) is 18.6 Å². The van der Waals surface area contributed by atoms with E-state index < -0.39 is 5.60 Å². The average Bonchev–Trinajstić information content (AvgIpc) is 3.20. The number of hydrogen-bond donors (Lipinski definition) is 2. The van der Waals surface area contributed by atoms with Gasteiger partial charge in [-0.1, -0.05) is 11.4 Å². The molecule has 0 radical (unpaired) electrons. The summed E-state index contributed by atoms with van der Waals surface area (Å²) in [6.07, 6.45) is 6.12. The molecule has 3 heterocycles. The van der Waals surface area contributed by atoms with E-state index in [2.05, 4.69) is 24.9 Å². The zero-order valence-corrected chi connectivity index (χ0v) is 13.6. The van der Waals surface area contributed by atoms with Gasteiger partial charge in [0.25, 0.3) is 5.91 Å². The minimum Gasteiger partial charge on any atom is -0.386 e. The average molecular weight is 334 g/mol. The van der Waals surface area contributed by atoms with Crippen molar-refractivity contribution in [3.05, 3.63) is 29.2 Å². The first-order valence-corrected chi connectivity index (χ1v) is 8.21. The van der Waals surface area contributed by atoms with Crippen LogP contribution < -0.4 is 10.2 Å². The molecule has 2 aromatic heterocycles. The quantitative estimate of drug-likeness (QED) is 0.808. The van der Waals surface area contributed by atoms with E-state index in [1.165, 1.54) is 0 Å². The Morgan fingerprint density at radius 2 is 2.39 bits per heavy atom.